The predicted molar refractivity (Wildman–Crippen MR) is 122 cm³/mol. The van der Waals surface area contributed by atoms with Gasteiger partial charge in [0.05, 0.1) is 35.7 Å². The number of hydrogen-bond donors (Lipinski definition) is 0. The summed E-state index contributed by atoms with van der Waals surface area (Å²) in [7, 11) is 2.90. The van der Waals surface area contributed by atoms with Gasteiger partial charge in [0.15, 0.2) is 5.13 Å². The first-order valence-electron chi connectivity index (χ1n) is 9.74. The topological polar surface area (TPSA) is 88.2 Å². The van der Waals surface area contributed by atoms with Crippen molar-refractivity contribution in [1.82, 2.24) is 19.3 Å². The number of fused-ring (bicyclic) bond motifs is 2. The number of carbonyl (C=O) groups is 1. The smallest absolute Gasteiger partial charge is 0.341 e. The normalized spacial score (nSPS) is 11.2. The van der Waals surface area contributed by atoms with E-state index in [4.69, 9.17) is 9.47 Å². The number of esters is 1. The maximum atomic E-state index is 13.3. The third-order valence-corrected chi connectivity index (χ3v) is 6.26. The van der Waals surface area contributed by atoms with Crippen LogP contribution in [0.2, 0.25) is 0 Å². The van der Waals surface area contributed by atoms with E-state index in [1.165, 1.54) is 23.1 Å². The average Bonchev–Trinajstić information content (AvgIpc) is 3.39. The van der Waals surface area contributed by atoms with Gasteiger partial charge in [0, 0.05) is 12.4 Å². The average molecular weight is 446 g/mol. The molecule has 5 rings (SSSR count). The quantitative estimate of drug-likeness (QED) is 0.390. The third-order valence-electron chi connectivity index (χ3n) is 5.22. The molecule has 3 heterocycles. The molecular formula is C23H18N4O4S. The lowest BCUT2D eigenvalue weighted by Crippen LogP contribution is -2.16. The monoisotopic (exact) mass is 446 g/mol. The maximum Gasteiger partial charge on any atom is 0.341 e. The van der Waals surface area contributed by atoms with Crippen molar-refractivity contribution in [3.8, 4) is 27.8 Å². The zero-order valence-electron chi connectivity index (χ0n) is 17.5. The van der Waals surface area contributed by atoms with Gasteiger partial charge in [0.2, 0.25) is 0 Å². The van der Waals surface area contributed by atoms with Crippen molar-refractivity contribution in [2.45, 2.75) is 6.92 Å². The van der Waals surface area contributed by atoms with Gasteiger partial charge in [0.25, 0.3) is 5.56 Å². The Labute approximate surface area is 186 Å². The number of hydrogen-bond acceptors (Lipinski definition) is 7. The van der Waals surface area contributed by atoms with Gasteiger partial charge < -0.3 is 9.47 Å². The van der Waals surface area contributed by atoms with Gasteiger partial charge in [-0.1, -0.05) is 29.5 Å². The number of rotatable bonds is 4. The van der Waals surface area contributed by atoms with Crippen LogP contribution in [-0.2, 0) is 4.74 Å². The van der Waals surface area contributed by atoms with E-state index < -0.39 is 5.97 Å². The molecule has 3 aromatic rings. The second-order valence-corrected chi connectivity index (χ2v) is 8.18. The Bertz CT molecular complexity index is 1510. The van der Waals surface area contributed by atoms with E-state index in [-0.39, 0.29) is 16.8 Å². The number of aromatic nitrogens is 4. The Kier molecular flexibility index (Phi) is 4.75. The molecule has 0 saturated heterocycles. The molecule has 0 amide bonds. The number of para-hydroxylation sites is 1. The summed E-state index contributed by atoms with van der Waals surface area (Å²) in [4.78, 5) is 30.5. The van der Waals surface area contributed by atoms with E-state index in [2.05, 4.69) is 10.1 Å². The van der Waals surface area contributed by atoms with Crippen LogP contribution in [0.1, 0.15) is 15.9 Å². The lowest BCUT2D eigenvalue weighted by atomic mass is 10.1. The second-order valence-electron chi connectivity index (χ2n) is 7.17. The van der Waals surface area contributed by atoms with Crippen molar-refractivity contribution in [1.29, 1.82) is 0 Å². The number of ether oxygens (including phenoxy) is 2. The molecule has 0 N–H and O–H groups in total. The summed E-state index contributed by atoms with van der Waals surface area (Å²) in [6.07, 6.45) is 3.25. The van der Waals surface area contributed by atoms with Crippen molar-refractivity contribution in [3.63, 3.8) is 0 Å². The van der Waals surface area contributed by atoms with Gasteiger partial charge in [-0.05, 0) is 36.8 Å². The van der Waals surface area contributed by atoms with Crippen LogP contribution < -0.4 is 10.3 Å². The van der Waals surface area contributed by atoms with Crippen molar-refractivity contribution >= 4 is 27.5 Å². The Morgan fingerprint density at radius 1 is 1.09 bits per heavy atom. The molecule has 0 radical (unpaired) electrons. The molecule has 0 atom stereocenters. The van der Waals surface area contributed by atoms with E-state index in [1.54, 1.807) is 24.1 Å². The van der Waals surface area contributed by atoms with Crippen molar-refractivity contribution in [2.75, 3.05) is 14.2 Å². The summed E-state index contributed by atoms with van der Waals surface area (Å²) in [5, 5.41) is 5.07. The summed E-state index contributed by atoms with van der Waals surface area (Å²) in [5.74, 6) is 0.145. The fourth-order valence-electron chi connectivity index (χ4n) is 3.57. The number of benzene rings is 2. The number of carbonyl (C=O) groups excluding carboxylic acids is 1. The number of thiazole rings is 1. The third kappa shape index (κ3) is 3.14. The summed E-state index contributed by atoms with van der Waals surface area (Å²) in [6, 6.07) is 13.0. The van der Waals surface area contributed by atoms with Gasteiger partial charge in [-0.3, -0.25) is 9.36 Å². The van der Waals surface area contributed by atoms with Crippen LogP contribution >= 0.6 is 11.3 Å². The fraction of sp³-hybridized carbons (Fsp3) is 0.130. The first kappa shape index (κ1) is 20.0. The second kappa shape index (κ2) is 7.61. The highest BCUT2D eigenvalue weighted by atomic mass is 32.1. The van der Waals surface area contributed by atoms with E-state index >= 15 is 0 Å². The van der Waals surface area contributed by atoms with Crippen LogP contribution in [0.25, 0.3) is 32.3 Å². The van der Waals surface area contributed by atoms with E-state index in [9.17, 15) is 9.59 Å². The van der Waals surface area contributed by atoms with Crippen LogP contribution in [-0.4, -0.2) is 39.5 Å². The zero-order valence-corrected chi connectivity index (χ0v) is 18.3. The summed E-state index contributed by atoms with van der Waals surface area (Å²) >= 11 is 1.42. The summed E-state index contributed by atoms with van der Waals surface area (Å²) < 4.78 is 14.2. The van der Waals surface area contributed by atoms with Gasteiger partial charge in [-0.15, -0.1) is 0 Å². The summed E-state index contributed by atoms with van der Waals surface area (Å²) in [6.45, 7) is 1.90. The molecule has 0 spiro atoms. The van der Waals surface area contributed by atoms with Crippen LogP contribution in [0.3, 0.4) is 0 Å². The number of pyridine rings is 1. The Balaban J connectivity index is 1.75. The highest BCUT2D eigenvalue weighted by molar-refractivity contribution is 7.20. The van der Waals surface area contributed by atoms with Gasteiger partial charge in [-0.25, -0.2) is 9.78 Å². The molecule has 160 valence electrons. The van der Waals surface area contributed by atoms with Gasteiger partial charge in [-0.2, -0.15) is 9.78 Å². The van der Waals surface area contributed by atoms with Crippen molar-refractivity contribution < 1.29 is 14.3 Å². The minimum absolute atomic E-state index is 0.186. The molecule has 0 aliphatic carbocycles. The largest absolute Gasteiger partial charge is 0.497 e. The Morgan fingerprint density at radius 2 is 1.91 bits per heavy atom. The van der Waals surface area contributed by atoms with Gasteiger partial charge in [0.1, 0.15) is 17.0 Å². The number of nitrogens with zero attached hydrogens (tertiary/aromatic N) is 4. The summed E-state index contributed by atoms with van der Waals surface area (Å²) in [5.41, 5.74) is 2.78. The lowest BCUT2D eigenvalue weighted by molar-refractivity contribution is 0.0600. The number of methoxy groups -OCH3 is 2. The van der Waals surface area contributed by atoms with Crippen LogP contribution in [0, 0.1) is 6.92 Å². The Hall–Kier alpha value is -3.98. The van der Waals surface area contributed by atoms with Crippen LogP contribution in [0.5, 0.6) is 5.75 Å². The van der Waals surface area contributed by atoms with E-state index in [0.717, 1.165) is 21.5 Å². The van der Waals surface area contributed by atoms with Crippen molar-refractivity contribution in [3.05, 3.63) is 76.3 Å². The molecule has 2 aromatic carbocycles. The Morgan fingerprint density at radius 3 is 2.66 bits per heavy atom. The molecule has 9 heteroatoms. The first-order valence-corrected chi connectivity index (χ1v) is 10.6. The van der Waals surface area contributed by atoms with Gasteiger partial charge >= 0.3 is 5.97 Å². The molecule has 2 aliphatic rings. The highest BCUT2D eigenvalue weighted by Crippen LogP contribution is 2.31. The van der Waals surface area contributed by atoms with Crippen LogP contribution in [0.4, 0.5) is 0 Å². The molecule has 0 unspecified atom stereocenters. The van der Waals surface area contributed by atoms with E-state index in [1.807, 2.05) is 49.4 Å². The molecule has 32 heavy (non-hydrogen) atoms. The fourth-order valence-corrected chi connectivity index (χ4v) is 4.52. The minimum atomic E-state index is -0.582. The predicted octanol–water partition coefficient (Wildman–Crippen LogP) is 3.84. The molecule has 0 fully saturated rings. The molecule has 8 nitrogen and oxygen atoms in total. The van der Waals surface area contributed by atoms with E-state index in [0.29, 0.717) is 16.4 Å². The molecule has 0 bridgehead atoms. The standard InChI is InChI=1S/C23H18N4O4S/c1-13-6-4-5-7-18(13)27-21(28)15-11-26(12-16(20(15)25-27)22(29)31-3)23-24-17-9-8-14(30-2)10-19(17)32-23/h4-12H,1-3H3. The molecule has 2 aliphatic heterocycles. The maximum absolute atomic E-state index is 13.3. The lowest BCUT2D eigenvalue weighted by Gasteiger charge is -2.08. The molecule has 1 aromatic heterocycles. The van der Waals surface area contributed by atoms with Crippen molar-refractivity contribution in [2.24, 2.45) is 0 Å². The minimum Gasteiger partial charge on any atom is -0.497 e. The zero-order chi connectivity index (χ0) is 22.4. The first-order chi connectivity index (χ1) is 15.5. The van der Waals surface area contributed by atoms with Crippen LogP contribution in [0.15, 0.2) is 59.7 Å². The highest BCUT2D eigenvalue weighted by Gasteiger charge is 2.26. The number of aryl methyl sites for hydroxylation is 1. The molecular weight excluding hydrogens is 428 g/mol. The molecule has 0 saturated carbocycles. The SMILES string of the molecule is COC(=O)c1cn(-c2nc3ccc(OC)cc3s2)cc2c(=O)n(-c3ccccc3C)nc1-2.